The number of carbonyl (C=O) groups excluding carboxylic acids is 1. The smallest absolute Gasteiger partial charge is 0.409 e. The number of piperazine rings is 1. The molecular formula is C17H24N2O7S. The standard InChI is InChI=1S/C17H24N2O7S/c1-2-23-17(20)18-6-8-19(9-7-18)27(21,22)11-3-10-24-14-4-5-15-16(12-14)26-13-25-15/h4-5,12H,2-3,6-11,13H2,1H3. The van der Waals surface area contributed by atoms with Crippen LogP contribution in [0, 0.1) is 0 Å². The first-order valence-corrected chi connectivity index (χ1v) is 10.5. The summed E-state index contributed by atoms with van der Waals surface area (Å²) in [7, 11) is -3.38. The van der Waals surface area contributed by atoms with Gasteiger partial charge in [0.25, 0.3) is 0 Å². The Kier molecular flexibility index (Phi) is 6.27. The molecule has 0 spiro atoms. The lowest BCUT2D eigenvalue weighted by molar-refractivity contribution is 0.0934. The van der Waals surface area contributed by atoms with E-state index >= 15 is 0 Å². The van der Waals surface area contributed by atoms with Gasteiger partial charge in [0.15, 0.2) is 11.5 Å². The van der Waals surface area contributed by atoms with Crippen LogP contribution in [0.3, 0.4) is 0 Å². The number of ether oxygens (including phenoxy) is 4. The summed E-state index contributed by atoms with van der Waals surface area (Å²) in [6.07, 6.45) is -0.0267. The second kappa shape index (κ2) is 8.66. The minimum absolute atomic E-state index is 0.00302. The summed E-state index contributed by atoms with van der Waals surface area (Å²) in [5.41, 5.74) is 0. The fourth-order valence-electron chi connectivity index (χ4n) is 2.89. The number of hydrogen-bond acceptors (Lipinski definition) is 7. The van der Waals surface area contributed by atoms with Crippen molar-refractivity contribution in [3.8, 4) is 17.2 Å². The van der Waals surface area contributed by atoms with Gasteiger partial charge < -0.3 is 23.8 Å². The van der Waals surface area contributed by atoms with Crippen LogP contribution in [0.15, 0.2) is 18.2 Å². The monoisotopic (exact) mass is 400 g/mol. The van der Waals surface area contributed by atoms with Gasteiger partial charge in [0.05, 0.1) is 19.0 Å². The van der Waals surface area contributed by atoms with Crippen molar-refractivity contribution in [2.45, 2.75) is 13.3 Å². The summed E-state index contributed by atoms with van der Waals surface area (Å²) in [5, 5.41) is 0. The molecule has 0 aliphatic carbocycles. The van der Waals surface area contributed by atoms with E-state index < -0.39 is 16.1 Å². The van der Waals surface area contributed by atoms with E-state index in [1.165, 1.54) is 9.21 Å². The zero-order valence-corrected chi connectivity index (χ0v) is 16.1. The number of amides is 1. The SMILES string of the molecule is CCOC(=O)N1CCN(S(=O)(=O)CCCOc2ccc3c(c2)OCO3)CC1. The normalized spacial score (nSPS) is 17.0. The maximum atomic E-state index is 12.5. The Morgan fingerprint density at radius 1 is 1.15 bits per heavy atom. The maximum absolute atomic E-state index is 12.5. The number of nitrogens with zero attached hydrogens (tertiary/aromatic N) is 2. The fraction of sp³-hybridized carbons (Fsp3) is 0.588. The number of fused-ring (bicyclic) bond motifs is 1. The number of carbonyl (C=O) groups is 1. The molecule has 2 aliphatic rings. The molecule has 0 radical (unpaired) electrons. The Morgan fingerprint density at radius 3 is 2.63 bits per heavy atom. The van der Waals surface area contributed by atoms with Crippen LogP contribution in [0.4, 0.5) is 4.79 Å². The molecule has 0 aromatic heterocycles. The Hall–Kier alpha value is -2.20. The molecule has 1 amide bonds. The van der Waals surface area contributed by atoms with Crippen LogP contribution in [0.1, 0.15) is 13.3 Å². The molecule has 27 heavy (non-hydrogen) atoms. The van der Waals surface area contributed by atoms with Crippen molar-refractivity contribution in [2.75, 3.05) is 51.9 Å². The molecule has 2 aliphatic heterocycles. The van der Waals surface area contributed by atoms with Gasteiger partial charge in [-0.3, -0.25) is 0 Å². The van der Waals surface area contributed by atoms with Gasteiger partial charge in [0.2, 0.25) is 16.8 Å². The van der Waals surface area contributed by atoms with Crippen LogP contribution >= 0.6 is 0 Å². The Balaban J connectivity index is 1.41. The third kappa shape index (κ3) is 4.95. The van der Waals surface area contributed by atoms with Gasteiger partial charge in [-0.2, -0.15) is 4.31 Å². The molecule has 150 valence electrons. The first-order chi connectivity index (χ1) is 13.0. The number of sulfonamides is 1. The molecule has 1 aromatic carbocycles. The minimum Gasteiger partial charge on any atom is -0.493 e. The largest absolute Gasteiger partial charge is 0.493 e. The Bertz CT molecular complexity index is 761. The highest BCUT2D eigenvalue weighted by Crippen LogP contribution is 2.35. The van der Waals surface area contributed by atoms with Gasteiger partial charge in [0.1, 0.15) is 5.75 Å². The zero-order valence-electron chi connectivity index (χ0n) is 15.3. The molecule has 9 nitrogen and oxygen atoms in total. The van der Waals surface area contributed by atoms with E-state index in [-0.39, 0.29) is 32.2 Å². The molecule has 3 rings (SSSR count). The molecule has 1 saturated heterocycles. The van der Waals surface area contributed by atoms with E-state index in [1.807, 2.05) is 0 Å². The van der Waals surface area contributed by atoms with Crippen LogP contribution in [-0.2, 0) is 14.8 Å². The van der Waals surface area contributed by atoms with Crippen molar-refractivity contribution in [1.29, 1.82) is 0 Å². The summed E-state index contributed by atoms with van der Waals surface area (Å²) in [5.74, 6) is 1.91. The third-order valence-corrected chi connectivity index (χ3v) is 6.27. The van der Waals surface area contributed by atoms with Gasteiger partial charge >= 0.3 is 6.09 Å². The average Bonchev–Trinajstić information content (AvgIpc) is 3.13. The van der Waals surface area contributed by atoms with Crippen molar-refractivity contribution >= 4 is 16.1 Å². The predicted octanol–water partition coefficient (Wildman–Crippen LogP) is 1.29. The predicted molar refractivity (Wildman–Crippen MR) is 96.6 cm³/mol. The molecular weight excluding hydrogens is 376 g/mol. The molecule has 10 heteroatoms. The topological polar surface area (TPSA) is 94.6 Å². The quantitative estimate of drug-likeness (QED) is 0.637. The van der Waals surface area contributed by atoms with Gasteiger partial charge in [0, 0.05) is 32.2 Å². The lowest BCUT2D eigenvalue weighted by Crippen LogP contribution is -2.51. The summed E-state index contributed by atoms with van der Waals surface area (Å²) >= 11 is 0. The van der Waals surface area contributed by atoms with Crippen LogP contribution in [0.25, 0.3) is 0 Å². The highest BCUT2D eigenvalue weighted by molar-refractivity contribution is 7.89. The lowest BCUT2D eigenvalue weighted by Gasteiger charge is -2.33. The summed E-state index contributed by atoms with van der Waals surface area (Å²) in [6, 6.07) is 5.25. The van der Waals surface area contributed by atoms with Gasteiger partial charge in [-0.15, -0.1) is 0 Å². The zero-order chi connectivity index (χ0) is 19.3. The number of benzene rings is 1. The lowest BCUT2D eigenvalue weighted by atomic mass is 10.3. The van der Waals surface area contributed by atoms with E-state index in [0.717, 1.165) is 0 Å². The van der Waals surface area contributed by atoms with Crippen molar-refractivity contribution < 1.29 is 32.2 Å². The number of hydrogen-bond donors (Lipinski definition) is 0. The third-order valence-electron chi connectivity index (χ3n) is 4.32. The summed E-state index contributed by atoms with van der Waals surface area (Å²) < 4.78 is 47.4. The Labute approximate surface area is 158 Å². The second-order valence-electron chi connectivity index (χ2n) is 6.12. The molecule has 1 fully saturated rings. The first kappa shape index (κ1) is 19.6. The van der Waals surface area contributed by atoms with Crippen LogP contribution in [0.5, 0.6) is 17.2 Å². The molecule has 2 heterocycles. The molecule has 0 unspecified atom stereocenters. The van der Waals surface area contributed by atoms with E-state index in [4.69, 9.17) is 18.9 Å². The molecule has 0 N–H and O–H groups in total. The van der Waals surface area contributed by atoms with E-state index in [2.05, 4.69) is 0 Å². The van der Waals surface area contributed by atoms with Gasteiger partial charge in [-0.1, -0.05) is 0 Å². The molecule has 0 saturated carbocycles. The van der Waals surface area contributed by atoms with Gasteiger partial charge in [-0.25, -0.2) is 13.2 Å². The fourth-order valence-corrected chi connectivity index (χ4v) is 4.35. The molecule has 0 bridgehead atoms. The average molecular weight is 400 g/mol. The first-order valence-electron chi connectivity index (χ1n) is 8.91. The van der Waals surface area contributed by atoms with Crippen molar-refractivity contribution in [3.05, 3.63) is 18.2 Å². The Morgan fingerprint density at radius 2 is 1.89 bits per heavy atom. The maximum Gasteiger partial charge on any atom is 0.409 e. The highest BCUT2D eigenvalue weighted by atomic mass is 32.2. The van der Waals surface area contributed by atoms with E-state index in [0.29, 0.717) is 43.4 Å². The van der Waals surface area contributed by atoms with Crippen molar-refractivity contribution in [2.24, 2.45) is 0 Å². The van der Waals surface area contributed by atoms with Crippen LogP contribution in [-0.4, -0.2) is 75.7 Å². The molecule has 0 atom stereocenters. The van der Waals surface area contributed by atoms with Crippen molar-refractivity contribution in [3.63, 3.8) is 0 Å². The highest BCUT2D eigenvalue weighted by Gasteiger charge is 2.29. The summed E-state index contributed by atoms with van der Waals surface area (Å²) in [6.45, 7) is 3.76. The van der Waals surface area contributed by atoms with Crippen molar-refractivity contribution in [1.82, 2.24) is 9.21 Å². The van der Waals surface area contributed by atoms with E-state index in [1.54, 1.807) is 25.1 Å². The minimum atomic E-state index is -3.38. The number of rotatable bonds is 7. The second-order valence-corrected chi connectivity index (χ2v) is 8.21. The van der Waals surface area contributed by atoms with Crippen LogP contribution in [0.2, 0.25) is 0 Å². The van der Waals surface area contributed by atoms with Gasteiger partial charge in [-0.05, 0) is 25.5 Å². The van der Waals surface area contributed by atoms with E-state index in [9.17, 15) is 13.2 Å². The van der Waals surface area contributed by atoms with Crippen LogP contribution < -0.4 is 14.2 Å². The molecule has 1 aromatic rings. The summed E-state index contributed by atoms with van der Waals surface area (Å²) in [4.78, 5) is 13.2.